The number of aliphatic hydroxyl groups is 1. The highest BCUT2D eigenvalue weighted by Gasteiger charge is 2.35. The quantitative estimate of drug-likeness (QED) is 0.512. The van der Waals surface area contributed by atoms with Crippen molar-refractivity contribution in [3.63, 3.8) is 0 Å². The molecule has 37 heavy (non-hydrogen) atoms. The van der Waals surface area contributed by atoms with Gasteiger partial charge in [0.1, 0.15) is 29.5 Å². The second-order valence-electron chi connectivity index (χ2n) is 9.06. The topological polar surface area (TPSA) is 111 Å². The number of carbonyl (C=O) groups is 2. The lowest BCUT2D eigenvalue weighted by Crippen LogP contribution is -2.49. The van der Waals surface area contributed by atoms with Crippen molar-refractivity contribution < 1.29 is 46.5 Å². The fourth-order valence-electron chi connectivity index (χ4n) is 4.20. The Morgan fingerprint density at radius 2 is 1.73 bits per heavy atom. The van der Waals surface area contributed by atoms with Crippen LogP contribution in [0.3, 0.4) is 0 Å². The highest BCUT2D eigenvalue weighted by molar-refractivity contribution is 5.95. The smallest absolute Gasteiger partial charge is 0.490 e. The van der Waals surface area contributed by atoms with E-state index in [1.165, 1.54) is 29.2 Å². The third-order valence-corrected chi connectivity index (χ3v) is 6.22. The summed E-state index contributed by atoms with van der Waals surface area (Å²) in [6.07, 6.45) is -6.90. The van der Waals surface area contributed by atoms with Crippen molar-refractivity contribution in [2.75, 3.05) is 13.1 Å². The number of nitrogens with zero attached hydrogens (tertiary/aromatic N) is 1. The summed E-state index contributed by atoms with van der Waals surface area (Å²) in [5.41, 5.74) is 5.95. The number of hydrogen-bond acceptors (Lipinski definition) is 6. The summed E-state index contributed by atoms with van der Waals surface area (Å²) in [6, 6.07) is 9.33. The molecule has 0 bridgehead atoms. The molecular formula is C25H26F4N2O6. The lowest BCUT2D eigenvalue weighted by atomic mass is 9.92. The molecule has 2 aromatic carbocycles. The Labute approximate surface area is 209 Å². The van der Waals surface area contributed by atoms with Crippen molar-refractivity contribution in [2.45, 2.75) is 56.5 Å². The van der Waals surface area contributed by atoms with E-state index in [4.69, 9.17) is 15.2 Å². The van der Waals surface area contributed by atoms with Crippen LogP contribution in [0.5, 0.6) is 17.2 Å². The number of halogens is 4. The van der Waals surface area contributed by atoms with Gasteiger partial charge in [0, 0.05) is 31.9 Å². The molecular weight excluding hydrogens is 500 g/mol. The second kappa shape index (κ2) is 10.8. The number of aliphatic hydroxyl groups excluding tert-OH is 1. The zero-order chi connectivity index (χ0) is 26.7. The summed E-state index contributed by atoms with van der Waals surface area (Å²) in [4.78, 5) is 25.8. The molecule has 2 fully saturated rings. The molecule has 1 aliphatic heterocycles. The number of primary amides is 1. The van der Waals surface area contributed by atoms with Gasteiger partial charge in [-0.1, -0.05) is 12.1 Å². The van der Waals surface area contributed by atoms with Crippen molar-refractivity contribution in [3.05, 3.63) is 53.6 Å². The minimum atomic E-state index is -4.81. The Balaban J connectivity index is 1.34. The molecule has 2 atom stereocenters. The molecule has 1 aliphatic carbocycles. The first kappa shape index (κ1) is 26.5. The largest absolute Gasteiger partial charge is 0.573 e. The number of ether oxygens (including phenoxy) is 3. The van der Waals surface area contributed by atoms with Crippen LogP contribution in [0.2, 0.25) is 0 Å². The number of amides is 2. The van der Waals surface area contributed by atoms with Crippen molar-refractivity contribution in [1.29, 1.82) is 0 Å². The Hall–Kier alpha value is -3.54. The summed E-state index contributed by atoms with van der Waals surface area (Å²) in [5.74, 6) is -1.08. The molecule has 8 nitrogen and oxygen atoms in total. The summed E-state index contributed by atoms with van der Waals surface area (Å²) in [7, 11) is 0. The van der Waals surface area contributed by atoms with Crippen LogP contribution in [0.15, 0.2) is 42.5 Å². The number of piperidine rings is 1. The van der Waals surface area contributed by atoms with E-state index < -0.39 is 36.4 Å². The Morgan fingerprint density at radius 1 is 1.05 bits per heavy atom. The zero-order valence-electron chi connectivity index (χ0n) is 19.6. The maximum absolute atomic E-state index is 15.0. The molecule has 0 aromatic heterocycles. The van der Waals surface area contributed by atoms with E-state index in [9.17, 15) is 27.9 Å². The van der Waals surface area contributed by atoms with Crippen LogP contribution in [0.25, 0.3) is 0 Å². The molecule has 200 valence electrons. The molecule has 2 aliphatic rings. The van der Waals surface area contributed by atoms with Gasteiger partial charge in [-0.2, -0.15) is 0 Å². The third-order valence-electron chi connectivity index (χ3n) is 6.22. The normalized spacial score (nSPS) is 23.6. The fraction of sp³-hybridized carbons (Fsp3) is 0.440. The van der Waals surface area contributed by atoms with Crippen LogP contribution in [-0.2, 0) is 11.2 Å². The average molecular weight is 526 g/mol. The number of benzene rings is 2. The maximum atomic E-state index is 15.0. The van der Waals surface area contributed by atoms with Gasteiger partial charge in [0.25, 0.3) is 5.91 Å². The number of alkyl halides is 4. The maximum Gasteiger partial charge on any atom is 0.573 e. The van der Waals surface area contributed by atoms with Crippen LogP contribution in [0, 0.1) is 0 Å². The minimum absolute atomic E-state index is 0.0599. The number of nitrogens with two attached hydrogens (primary N) is 1. The van der Waals surface area contributed by atoms with E-state index in [-0.39, 0.29) is 49.3 Å². The van der Waals surface area contributed by atoms with Gasteiger partial charge in [-0.05, 0) is 29.8 Å². The van der Waals surface area contributed by atoms with E-state index in [0.29, 0.717) is 24.2 Å². The van der Waals surface area contributed by atoms with Crippen LogP contribution >= 0.6 is 0 Å². The molecule has 0 spiro atoms. The van der Waals surface area contributed by atoms with E-state index in [2.05, 4.69) is 4.74 Å². The Kier molecular flexibility index (Phi) is 7.76. The first-order valence-electron chi connectivity index (χ1n) is 11.7. The Bertz CT molecular complexity index is 1120. The predicted molar refractivity (Wildman–Crippen MR) is 122 cm³/mol. The predicted octanol–water partition coefficient (Wildman–Crippen LogP) is 3.15. The fourth-order valence-corrected chi connectivity index (χ4v) is 4.20. The highest BCUT2D eigenvalue weighted by atomic mass is 19.4. The molecule has 2 amide bonds. The lowest BCUT2D eigenvalue weighted by Gasteiger charge is -2.35. The number of rotatable bonds is 8. The third kappa shape index (κ3) is 7.03. The summed E-state index contributed by atoms with van der Waals surface area (Å²) in [5, 5.41) is 9.43. The number of hydrogen-bond donors (Lipinski definition) is 2. The summed E-state index contributed by atoms with van der Waals surface area (Å²) in [6.45, 7) is -0.0674. The van der Waals surface area contributed by atoms with Gasteiger partial charge in [0.05, 0.1) is 24.6 Å². The summed E-state index contributed by atoms with van der Waals surface area (Å²) < 4.78 is 67.3. The van der Waals surface area contributed by atoms with E-state index in [1.54, 1.807) is 6.07 Å². The summed E-state index contributed by atoms with van der Waals surface area (Å²) >= 11 is 0. The second-order valence-corrected chi connectivity index (χ2v) is 9.06. The molecule has 4 rings (SSSR count). The lowest BCUT2D eigenvalue weighted by molar-refractivity contribution is -0.274. The number of likely N-dealkylation sites (tertiary alicyclic amines) is 1. The van der Waals surface area contributed by atoms with Gasteiger partial charge < -0.3 is 30.0 Å². The van der Waals surface area contributed by atoms with Crippen molar-refractivity contribution in [2.24, 2.45) is 5.73 Å². The van der Waals surface area contributed by atoms with Gasteiger partial charge in [0.2, 0.25) is 5.91 Å². The molecule has 1 saturated carbocycles. The molecule has 1 heterocycles. The highest BCUT2D eigenvalue weighted by Crippen LogP contribution is 2.32. The van der Waals surface area contributed by atoms with Gasteiger partial charge in [0.15, 0.2) is 6.17 Å². The van der Waals surface area contributed by atoms with Gasteiger partial charge in [-0.15, -0.1) is 13.2 Å². The SMILES string of the molecule is NC(=O)c1ccc(OC2CC(O)C2)cc1O[C@@H]1CCN(C(=O)Cc2ccc(OC(F)(F)F)cc2)C[C@@H]1F. The van der Waals surface area contributed by atoms with Crippen LogP contribution in [0.1, 0.15) is 35.2 Å². The monoisotopic (exact) mass is 526 g/mol. The van der Waals surface area contributed by atoms with E-state index in [1.807, 2.05) is 0 Å². The molecule has 3 N–H and O–H groups in total. The van der Waals surface area contributed by atoms with Gasteiger partial charge in [-0.3, -0.25) is 9.59 Å². The molecule has 0 unspecified atom stereocenters. The van der Waals surface area contributed by atoms with Crippen molar-refractivity contribution in [1.82, 2.24) is 4.90 Å². The molecule has 12 heteroatoms. The zero-order valence-corrected chi connectivity index (χ0v) is 19.6. The average Bonchev–Trinajstić information content (AvgIpc) is 2.79. The van der Waals surface area contributed by atoms with Gasteiger partial charge in [-0.25, -0.2) is 4.39 Å². The first-order chi connectivity index (χ1) is 17.5. The molecule has 2 aromatic rings. The van der Waals surface area contributed by atoms with Crippen LogP contribution < -0.4 is 19.9 Å². The van der Waals surface area contributed by atoms with E-state index in [0.717, 1.165) is 12.1 Å². The molecule has 0 radical (unpaired) electrons. The van der Waals surface area contributed by atoms with Crippen molar-refractivity contribution >= 4 is 11.8 Å². The standard InChI is InChI=1S/C25H26F4N2O6/c26-20-13-31(23(33)9-14-1-3-16(4-2-14)37-25(27,28)29)8-7-21(20)36-22-12-17(5-6-19(22)24(30)34)35-18-10-15(32)11-18/h1-6,12,15,18,20-21,32H,7-11,13H2,(H2,30,34)/t15?,18?,20-,21+/m0/s1. The minimum Gasteiger partial charge on any atom is -0.490 e. The van der Waals surface area contributed by atoms with Crippen LogP contribution in [-0.4, -0.2) is 65.8 Å². The van der Waals surface area contributed by atoms with E-state index >= 15 is 4.39 Å². The Morgan fingerprint density at radius 3 is 2.32 bits per heavy atom. The molecule has 1 saturated heterocycles. The van der Waals surface area contributed by atoms with Crippen LogP contribution in [0.4, 0.5) is 17.6 Å². The van der Waals surface area contributed by atoms with Crippen molar-refractivity contribution in [3.8, 4) is 17.2 Å². The first-order valence-corrected chi connectivity index (χ1v) is 11.7. The van der Waals surface area contributed by atoms with Gasteiger partial charge >= 0.3 is 6.36 Å². The number of carbonyl (C=O) groups excluding carboxylic acids is 2.